The molecule has 2 rings (SSSR count). The van der Waals surface area contributed by atoms with Crippen molar-refractivity contribution in [2.24, 2.45) is 5.10 Å². The van der Waals surface area contributed by atoms with Gasteiger partial charge in [-0.15, -0.1) is 0 Å². The van der Waals surface area contributed by atoms with Crippen molar-refractivity contribution in [3.05, 3.63) is 52.0 Å². The molecule has 0 bridgehead atoms. The highest BCUT2D eigenvalue weighted by Gasteiger charge is 2.12. The molecular formula is C18H20BrN3O3. The van der Waals surface area contributed by atoms with Crippen molar-refractivity contribution in [3.63, 3.8) is 0 Å². The van der Waals surface area contributed by atoms with Gasteiger partial charge in [0.15, 0.2) is 11.5 Å². The third-order valence-electron chi connectivity index (χ3n) is 3.49. The second-order valence-corrected chi connectivity index (χ2v) is 6.37. The minimum absolute atomic E-state index is 0.0135. The normalized spacial score (nSPS) is 12.0. The van der Waals surface area contributed by atoms with Crippen LogP contribution >= 0.6 is 15.9 Å². The summed E-state index contributed by atoms with van der Waals surface area (Å²) in [4.78, 5) is 12.1. The van der Waals surface area contributed by atoms with Gasteiger partial charge in [-0.3, -0.25) is 4.79 Å². The molecule has 25 heavy (non-hydrogen) atoms. The largest absolute Gasteiger partial charge is 0.503 e. The van der Waals surface area contributed by atoms with Gasteiger partial charge in [-0.2, -0.15) is 5.10 Å². The number of halogens is 1. The van der Waals surface area contributed by atoms with Crippen LogP contribution in [0.4, 0.5) is 5.69 Å². The van der Waals surface area contributed by atoms with E-state index >= 15 is 0 Å². The summed E-state index contributed by atoms with van der Waals surface area (Å²) < 4.78 is 5.55. The number of ether oxygens (including phenoxy) is 1. The molecule has 0 aromatic heterocycles. The van der Waals surface area contributed by atoms with Crippen LogP contribution in [0, 0.1) is 6.92 Å². The molecule has 132 valence electrons. The number of phenols is 1. The monoisotopic (exact) mass is 405 g/mol. The van der Waals surface area contributed by atoms with Crippen molar-refractivity contribution in [3.8, 4) is 11.5 Å². The van der Waals surface area contributed by atoms with Gasteiger partial charge in [-0.1, -0.05) is 17.7 Å². The van der Waals surface area contributed by atoms with Gasteiger partial charge in [0.25, 0.3) is 5.91 Å². The second kappa shape index (κ2) is 8.53. The molecule has 1 amide bonds. The molecule has 0 heterocycles. The van der Waals surface area contributed by atoms with E-state index in [4.69, 9.17) is 4.74 Å². The number of methoxy groups -OCH3 is 1. The zero-order valence-corrected chi connectivity index (χ0v) is 15.8. The van der Waals surface area contributed by atoms with Gasteiger partial charge >= 0.3 is 0 Å². The highest BCUT2D eigenvalue weighted by molar-refractivity contribution is 9.10. The van der Waals surface area contributed by atoms with Gasteiger partial charge in [0.1, 0.15) is 6.04 Å². The van der Waals surface area contributed by atoms with Crippen molar-refractivity contribution in [2.45, 2.75) is 19.9 Å². The summed E-state index contributed by atoms with van der Waals surface area (Å²) in [6.45, 7) is 3.76. The van der Waals surface area contributed by atoms with Gasteiger partial charge in [0.2, 0.25) is 0 Å². The molecule has 2 aromatic carbocycles. The fourth-order valence-electron chi connectivity index (χ4n) is 2.06. The molecular weight excluding hydrogens is 386 g/mol. The van der Waals surface area contributed by atoms with Gasteiger partial charge < -0.3 is 15.2 Å². The Hall–Kier alpha value is -2.54. The fourth-order valence-corrected chi connectivity index (χ4v) is 2.52. The van der Waals surface area contributed by atoms with E-state index in [1.54, 1.807) is 19.1 Å². The lowest BCUT2D eigenvalue weighted by Gasteiger charge is -2.13. The van der Waals surface area contributed by atoms with Crippen molar-refractivity contribution >= 4 is 33.7 Å². The molecule has 0 radical (unpaired) electrons. The molecule has 6 nitrogen and oxygen atoms in total. The first kappa shape index (κ1) is 18.8. The topological polar surface area (TPSA) is 83.0 Å². The highest BCUT2D eigenvalue weighted by atomic mass is 79.9. The SMILES string of the molecule is COc1cc(/C=N/NC(=O)C(C)Nc2ccc(C)cc2)cc(Br)c1O. The maximum atomic E-state index is 12.1. The first-order chi connectivity index (χ1) is 11.9. The Bertz CT molecular complexity index is 776. The van der Waals surface area contributed by atoms with E-state index < -0.39 is 6.04 Å². The lowest BCUT2D eigenvalue weighted by atomic mass is 10.2. The maximum absolute atomic E-state index is 12.1. The van der Waals surface area contributed by atoms with Crippen LogP contribution in [0.1, 0.15) is 18.1 Å². The molecule has 0 saturated heterocycles. The van der Waals surface area contributed by atoms with E-state index in [1.807, 2.05) is 31.2 Å². The van der Waals surface area contributed by atoms with E-state index in [1.165, 1.54) is 13.3 Å². The van der Waals surface area contributed by atoms with Gasteiger partial charge in [0.05, 0.1) is 17.8 Å². The number of benzene rings is 2. The zero-order valence-electron chi connectivity index (χ0n) is 14.2. The third kappa shape index (κ3) is 5.22. The van der Waals surface area contributed by atoms with E-state index in [9.17, 15) is 9.90 Å². The Morgan fingerprint density at radius 2 is 2.00 bits per heavy atom. The molecule has 2 aromatic rings. The Labute approximate surface area is 155 Å². The number of nitrogens with zero attached hydrogens (tertiary/aromatic N) is 1. The summed E-state index contributed by atoms with van der Waals surface area (Å²) in [6.07, 6.45) is 1.48. The summed E-state index contributed by atoms with van der Waals surface area (Å²) in [7, 11) is 1.46. The first-order valence-corrected chi connectivity index (χ1v) is 8.42. The highest BCUT2D eigenvalue weighted by Crippen LogP contribution is 2.34. The molecule has 0 aliphatic rings. The lowest BCUT2D eigenvalue weighted by Crippen LogP contribution is -2.34. The minimum Gasteiger partial charge on any atom is -0.503 e. The third-order valence-corrected chi connectivity index (χ3v) is 4.09. The predicted molar refractivity (Wildman–Crippen MR) is 102 cm³/mol. The minimum atomic E-state index is -0.444. The van der Waals surface area contributed by atoms with Crippen molar-refractivity contribution < 1.29 is 14.6 Å². The van der Waals surface area contributed by atoms with Gasteiger partial charge in [-0.25, -0.2) is 5.43 Å². The number of aryl methyl sites for hydroxylation is 1. The van der Waals surface area contributed by atoms with Crippen LogP contribution in [0.2, 0.25) is 0 Å². The number of carbonyl (C=O) groups is 1. The Morgan fingerprint density at radius 3 is 2.64 bits per heavy atom. The van der Waals surface area contributed by atoms with Crippen LogP contribution in [-0.4, -0.2) is 30.4 Å². The number of phenolic OH excluding ortho intramolecular Hbond substituents is 1. The van der Waals surface area contributed by atoms with E-state index in [0.29, 0.717) is 15.8 Å². The van der Waals surface area contributed by atoms with Crippen LogP contribution in [0.25, 0.3) is 0 Å². The molecule has 0 aliphatic carbocycles. The number of anilines is 1. The summed E-state index contributed by atoms with van der Waals surface area (Å²) in [5.41, 5.74) is 5.17. The molecule has 1 unspecified atom stereocenters. The maximum Gasteiger partial charge on any atom is 0.262 e. The van der Waals surface area contributed by atoms with Crippen LogP contribution in [-0.2, 0) is 4.79 Å². The van der Waals surface area contributed by atoms with Crippen molar-refractivity contribution in [1.82, 2.24) is 5.43 Å². The van der Waals surface area contributed by atoms with E-state index in [0.717, 1.165) is 11.3 Å². The molecule has 0 aliphatic heterocycles. The average molecular weight is 406 g/mol. The number of carbonyl (C=O) groups excluding carboxylic acids is 1. The van der Waals surface area contributed by atoms with Crippen molar-refractivity contribution in [2.75, 3.05) is 12.4 Å². The molecule has 0 spiro atoms. The molecule has 0 saturated carbocycles. The summed E-state index contributed by atoms with van der Waals surface area (Å²) >= 11 is 3.23. The number of aromatic hydroxyl groups is 1. The predicted octanol–water partition coefficient (Wildman–Crippen LogP) is 3.42. The lowest BCUT2D eigenvalue weighted by molar-refractivity contribution is -0.121. The summed E-state index contributed by atoms with van der Waals surface area (Å²) in [5, 5.41) is 16.8. The van der Waals surface area contributed by atoms with Crippen molar-refractivity contribution in [1.29, 1.82) is 0 Å². The quantitative estimate of drug-likeness (QED) is 0.507. The Kier molecular flexibility index (Phi) is 6.41. The molecule has 0 fully saturated rings. The Balaban J connectivity index is 1.95. The Morgan fingerprint density at radius 1 is 1.32 bits per heavy atom. The molecule has 1 atom stereocenters. The summed E-state index contributed by atoms with van der Waals surface area (Å²) in [6, 6.07) is 10.6. The zero-order chi connectivity index (χ0) is 18.4. The number of nitrogens with one attached hydrogen (secondary N) is 2. The second-order valence-electron chi connectivity index (χ2n) is 5.52. The van der Waals surface area contributed by atoms with Crippen LogP contribution < -0.4 is 15.5 Å². The first-order valence-electron chi connectivity index (χ1n) is 7.63. The fraction of sp³-hybridized carbons (Fsp3) is 0.222. The molecule has 7 heteroatoms. The number of amides is 1. The summed E-state index contributed by atoms with van der Waals surface area (Å²) in [5.74, 6) is 0.0674. The standard InChI is InChI=1S/C18H20BrN3O3/c1-11-4-6-14(7-5-11)21-12(2)18(24)22-20-10-13-8-15(19)17(23)16(9-13)25-3/h4-10,12,21,23H,1-3H3,(H,22,24)/b20-10+. The number of hydrogen-bond donors (Lipinski definition) is 3. The van der Waals surface area contributed by atoms with Gasteiger partial charge in [-0.05, 0) is 59.6 Å². The van der Waals surface area contributed by atoms with Crippen LogP contribution in [0.3, 0.4) is 0 Å². The molecule has 3 N–H and O–H groups in total. The number of hydrazone groups is 1. The van der Waals surface area contributed by atoms with Crippen LogP contribution in [0.5, 0.6) is 11.5 Å². The number of hydrogen-bond acceptors (Lipinski definition) is 5. The number of rotatable bonds is 6. The van der Waals surface area contributed by atoms with Gasteiger partial charge in [0, 0.05) is 5.69 Å². The smallest absolute Gasteiger partial charge is 0.262 e. The average Bonchev–Trinajstić information content (AvgIpc) is 2.59. The van der Waals surface area contributed by atoms with Crippen LogP contribution in [0.15, 0.2) is 46.0 Å². The van der Waals surface area contributed by atoms with E-state index in [2.05, 4.69) is 31.8 Å². The van der Waals surface area contributed by atoms with E-state index in [-0.39, 0.29) is 11.7 Å².